The first-order chi connectivity index (χ1) is 19.9. The molecule has 4 aromatic rings. The zero-order valence-corrected chi connectivity index (χ0v) is 23.5. The predicted octanol–water partition coefficient (Wildman–Crippen LogP) is 6.08. The highest BCUT2D eigenvalue weighted by Gasteiger charge is 2.18. The second kappa shape index (κ2) is 13.8. The highest BCUT2D eigenvalue weighted by Crippen LogP contribution is 2.38. The molecule has 0 saturated heterocycles. The Morgan fingerprint density at radius 3 is 2.05 bits per heavy atom. The first-order valence-electron chi connectivity index (χ1n) is 12.5. The Morgan fingerprint density at radius 2 is 1.46 bits per heavy atom. The van der Waals surface area contributed by atoms with Gasteiger partial charge in [0.2, 0.25) is 5.75 Å². The molecule has 2 N–H and O–H groups in total. The van der Waals surface area contributed by atoms with E-state index in [0.717, 1.165) is 5.56 Å². The van der Waals surface area contributed by atoms with Gasteiger partial charge in [0.05, 0.1) is 21.3 Å². The number of rotatable bonds is 11. The molecule has 1 heterocycles. The lowest BCUT2D eigenvalue weighted by Crippen LogP contribution is -2.30. The summed E-state index contributed by atoms with van der Waals surface area (Å²) in [7, 11) is 4.47. The molecule has 3 aromatic carbocycles. The highest BCUT2D eigenvalue weighted by atomic mass is 32.1. The quantitative estimate of drug-likeness (QED) is 0.168. The molecule has 0 bridgehead atoms. The SMILES string of the molecule is COc1cc(/C=C(\NC(=O)c2ccccc2)C(=O)Nc2ccc(C(=O)/C=C/c3ccsc3)cc2)cc(OC)c1OC. The third-order valence-electron chi connectivity index (χ3n) is 5.92. The predicted molar refractivity (Wildman–Crippen MR) is 161 cm³/mol. The molecule has 0 aliphatic heterocycles. The molecule has 0 aliphatic rings. The van der Waals surface area contributed by atoms with Crippen LogP contribution in [-0.4, -0.2) is 38.9 Å². The summed E-state index contributed by atoms with van der Waals surface area (Å²) in [4.78, 5) is 38.9. The van der Waals surface area contributed by atoms with Crippen LogP contribution < -0.4 is 24.8 Å². The zero-order valence-electron chi connectivity index (χ0n) is 22.7. The number of hydrogen-bond acceptors (Lipinski definition) is 7. The van der Waals surface area contributed by atoms with Gasteiger partial charge in [-0.05, 0) is 88.6 Å². The number of ether oxygens (including phenoxy) is 3. The van der Waals surface area contributed by atoms with Crippen molar-refractivity contribution in [2.24, 2.45) is 0 Å². The van der Waals surface area contributed by atoms with Gasteiger partial charge in [-0.3, -0.25) is 14.4 Å². The molecule has 0 saturated carbocycles. The largest absolute Gasteiger partial charge is 0.493 e. The van der Waals surface area contributed by atoms with Crippen LogP contribution in [0.3, 0.4) is 0 Å². The van der Waals surface area contributed by atoms with Gasteiger partial charge in [0.15, 0.2) is 17.3 Å². The number of thiophene rings is 1. The number of amides is 2. The standard InChI is InChI=1S/C32H28N2O6S/c1-38-28-18-22(19-29(39-2)30(28)40-3)17-26(34-31(36)24-7-5-4-6-8-24)32(37)33-25-12-10-23(11-13-25)27(35)14-9-21-15-16-41-20-21/h4-20H,1-3H3,(H,33,37)(H,34,36)/b14-9+,26-17-. The fourth-order valence-electron chi connectivity index (χ4n) is 3.85. The number of carbonyl (C=O) groups excluding carboxylic acids is 3. The van der Waals surface area contributed by atoms with Crippen LogP contribution in [0.15, 0.2) is 95.3 Å². The van der Waals surface area contributed by atoms with E-state index in [1.54, 1.807) is 84.1 Å². The summed E-state index contributed by atoms with van der Waals surface area (Å²) < 4.78 is 16.2. The minimum absolute atomic E-state index is 0.0213. The van der Waals surface area contributed by atoms with E-state index >= 15 is 0 Å². The molecular weight excluding hydrogens is 540 g/mol. The van der Waals surface area contributed by atoms with Crippen LogP contribution in [-0.2, 0) is 4.79 Å². The average Bonchev–Trinajstić information content (AvgIpc) is 3.53. The van der Waals surface area contributed by atoms with E-state index in [0.29, 0.717) is 39.6 Å². The summed E-state index contributed by atoms with van der Waals surface area (Å²) in [6.07, 6.45) is 4.77. The van der Waals surface area contributed by atoms with Crippen LogP contribution in [0.25, 0.3) is 12.2 Å². The van der Waals surface area contributed by atoms with Crippen LogP contribution in [0.1, 0.15) is 31.8 Å². The number of ketones is 1. The maximum Gasteiger partial charge on any atom is 0.272 e. The molecule has 0 spiro atoms. The summed E-state index contributed by atoms with van der Waals surface area (Å²) in [5, 5.41) is 9.37. The molecule has 8 nitrogen and oxygen atoms in total. The fraction of sp³-hybridized carbons (Fsp3) is 0.0938. The molecule has 1 aromatic heterocycles. The number of allylic oxidation sites excluding steroid dienone is 1. The summed E-state index contributed by atoms with van der Waals surface area (Å²) >= 11 is 1.55. The number of anilines is 1. The van der Waals surface area contributed by atoms with E-state index in [-0.39, 0.29) is 11.5 Å². The summed E-state index contributed by atoms with van der Waals surface area (Å²) in [6.45, 7) is 0. The lowest BCUT2D eigenvalue weighted by atomic mass is 10.1. The topological polar surface area (TPSA) is 103 Å². The Bertz CT molecular complexity index is 1550. The van der Waals surface area contributed by atoms with Gasteiger partial charge in [-0.15, -0.1) is 0 Å². The molecule has 0 atom stereocenters. The molecule has 9 heteroatoms. The van der Waals surface area contributed by atoms with E-state index in [2.05, 4.69) is 10.6 Å². The Kier molecular flexibility index (Phi) is 9.69. The van der Waals surface area contributed by atoms with Crippen LogP contribution in [0, 0.1) is 0 Å². The minimum atomic E-state index is -0.570. The summed E-state index contributed by atoms with van der Waals surface area (Å²) in [5.41, 5.74) is 2.76. The van der Waals surface area contributed by atoms with Gasteiger partial charge in [-0.25, -0.2) is 0 Å². The van der Waals surface area contributed by atoms with Gasteiger partial charge in [-0.2, -0.15) is 11.3 Å². The third-order valence-corrected chi connectivity index (χ3v) is 6.63. The Hall–Kier alpha value is -5.15. The number of nitrogens with one attached hydrogen (secondary N) is 2. The summed E-state index contributed by atoms with van der Waals surface area (Å²) in [5.74, 6) is -0.0168. The lowest BCUT2D eigenvalue weighted by Gasteiger charge is -2.14. The molecule has 0 fully saturated rings. The van der Waals surface area contributed by atoms with Gasteiger partial charge >= 0.3 is 0 Å². The normalized spacial score (nSPS) is 11.1. The second-order valence-corrected chi connectivity index (χ2v) is 9.40. The van der Waals surface area contributed by atoms with E-state index in [1.807, 2.05) is 16.8 Å². The van der Waals surface area contributed by atoms with Crippen molar-refractivity contribution in [3.8, 4) is 17.2 Å². The number of hydrogen-bond donors (Lipinski definition) is 2. The van der Waals surface area contributed by atoms with Crippen molar-refractivity contribution in [2.45, 2.75) is 0 Å². The van der Waals surface area contributed by atoms with E-state index < -0.39 is 11.8 Å². The molecule has 0 unspecified atom stereocenters. The maximum atomic E-state index is 13.4. The van der Waals surface area contributed by atoms with Gasteiger partial charge in [0, 0.05) is 16.8 Å². The zero-order chi connectivity index (χ0) is 29.2. The molecule has 2 amide bonds. The van der Waals surface area contributed by atoms with E-state index in [9.17, 15) is 14.4 Å². The van der Waals surface area contributed by atoms with E-state index in [1.165, 1.54) is 33.5 Å². The van der Waals surface area contributed by atoms with Crippen molar-refractivity contribution in [1.29, 1.82) is 0 Å². The summed E-state index contributed by atoms with van der Waals surface area (Å²) in [6, 6.07) is 20.3. The van der Waals surface area contributed by atoms with Crippen LogP contribution >= 0.6 is 11.3 Å². The molecule has 208 valence electrons. The second-order valence-electron chi connectivity index (χ2n) is 8.62. The van der Waals surface area contributed by atoms with Crippen LogP contribution in [0.5, 0.6) is 17.2 Å². The lowest BCUT2D eigenvalue weighted by molar-refractivity contribution is -0.113. The number of benzene rings is 3. The van der Waals surface area contributed by atoms with Crippen LogP contribution in [0.4, 0.5) is 5.69 Å². The van der Waals surface area contributed by atoms with E-state index in [4.69, 9.17) is 14.2 Å². The maximum absolute atomic E-state index is 13.4. The van der Waals surface area contributed by atoms with Crippen molar-refractivity contribution in [3.05, 3.63) is 118 Å². The van der Waals surface area contributed by atoms with Gasteiger partial charge < -0.3 is 24.8 Å². The Labute approximate surface area is 241 Å². The number of carbonyl (C=O) groups is 3. The van der Waals surface area contributed by atoms with Crippen molar-refractivity contribution < 1.29 is 28.6 Å². The Balaban J connectivity index is 1.59. The first kappa shape index (κ1) is 28.8. The fourth-order valence-corrected chi connectivity index (χ4v) is 4.48. The van der Waals surface area contributed by atoms with Crippen molar-refractivity contribution >= 4 is 46.8 Å². The minimum Gasteiger partial charge on any atom is -0.493 e. The highest BCUT2D eigenvalue weighted by molar-refractivity contribution is 7.08. The monoisotopic (exact) mass is 568 g/mol. The molecule has 0 aliphatic carbocycles. The van der Waals surface area contributed by atoms with Gasteiger partial charge in [0.25, 0.3) is 11.8 Å². The first-order valence-corrected chi connectivity index (χ1v) is 13.4. The Morgan fingerprint density at radius 1 is 0.780 bits per heavy atom. The molecule has 4 rings (SSSR count). The number of methoxy groups -OCH3 is 3. The smallest absolute Gasteiger partial charge is 0.272 e. The van der Waals surface area contributed by atoms with Crippen LogP contribution in [0.2, 0.25) is 0 Å². The molecular formula is C32H28N2O6S. The van der Waals surface area contributed by atoms with Gasteiger partial charge in [-0.1, -0.05) is 24.3 Å². The molecule has 0 radical (unpaired) electrons. The van der Waals surface area contributed by atoms with Crippen molar-refractivity contribution in [2.75, 3.05) is 26.6 Å². The third kappa shape index (κ3) is 7.49. The average molecular weight is 569 g/mol. The van der Waals surface area contributed by atoms with Gasteiger partial charge in [0.1, 0.15) is 5.70 Å². The van der Waals surface area contributed by atoms with Crippen molar-refractivity contribution in [1.82, 2.24) is 5.32 Å². The molecule has 41 heavy (non-hydrogen) atoms. The van der Waals surface area contributed by atoms with Crippen molar-refractivity contribution in [3.63, 3.8) is 0 Å².